The summed E-state index contributed by atoms with van der Waals surface area (Å²) in [7, 11) is 0. The Bertz CT molecular complexity index is 730. The van der Waals surface area contributed by atoms with Crippen LogP contribution in [0.5, 0.6) is 0 Å². The average Bonchev–Trinajstić information content (AvgIpc) is 3.04. The molecule has 0 spiro atoms. The summed E-state index contributed by atoms with van der Waals surface area (Å²) in [6, 6.07) is 1.27. The first-order valence-corrected chi connectivity index (χ1v) is 8.04. The lowest BCUT2D eigenvalue weighted by Gasteiger charge is -2.19. The summed E-state index contributed by atoms with van der Waals surface area (Å²) in [6.45, 7) is 0.913. The number of carbonyl (C=O) groups excluding carboxylic acids is 1. The van der Waals surface area contributed by atoms with Gasteiger partial charge in [-0.25, -0.2) is 9.97 Å². The number of nitrogens with one attached hydrogen (secondary N) is 1. The predicted octanol–water partition coefficient (Wildman–Crippen LogP) is 2.83. The highest BCUT2D eigenvalue weighted by Crippen LogP contribution is 2.30. The van der Waals surface area contributed by atoms with E-state index in [1.165, 1.54) is 6.33 Å². The van der Waals surface area contributed by atoms with Gasteiger partial charge in [0.2, 0.25) is 5.91 Å². The number of halogens is 3. The van der Waals surface area contributed by atoms with Crippen molar-refractivity contribution in [1.82, 2.24) is 14.9 Å². The van der Waals surface area contributed by atoms with E-state index in [1.807, 2.05) is 13.0 Å². The Labute approximate surface area is 134 Å². The normalized spacial score (nSPS) is 18.9. The van der Waals surface area contributed by atoms with Crippen molar-refractivity contribution in [1.29, 1.82) is 0 Å². The summed E-state index contributed by atoms with van der Waals surface area (Å²) in [5.41, 5.74) is 0. The van der Waals surface area contributed by atoms with Crippen molar-refractivity contribution in [3.8, 4) is 0 Å². The van der Waals surface area contributed by atoms with Crippen molar-refractivity contribution in [3.05, 3.63) is 17.3 Å². The highest BCUT2D eigenvalue weighted by molar-refractivity contribution is 7.18. The quantitative estimate of drug-likeness (QED) is 0.927. The van der Waals surface area contributed by atoms with Crippen LogP contribution in [0.3, 0.4) is 0 Å². The van der Waals surface area contributed by atoms with Crippen LogP contribution in [0.25, 0.3) is 10.2 Å². The number of thiophene rings is 1. The van der Waals surface area contributed by atoms with Crippen molar-refractivity contribution in [3.63, 3.8) is 0 Å². The fraction of sp³-hybridized carbons (Fsp3) is 0.500. The monoisotopic (exact) mass is 344 g/mol. The number of amides is 1. The summed E-state index contributed by atoms with van der Waals surface area (Å²) in [5.74, 6) is -0.0433. The summed E-state index contributed by atoms with van der Waals surface area (Å²) < 4.78 is 37.4. The van der Waals surface area contributed by atoms with E-state index in [0.717, 1.165) is 26.4 Å². The Morgan fingerprint density at radius 3 is 2.91 bits per heavy atom. The Morgan fingerprint density at radius 2 is 2.22 bits per heavy atom. The van der Waals surface area contributed by atoms with Gasteiger partial charge in [0.05, 0.1) is 5.39 Å². The van der Waals surface area contributed by atoms with Gasteiger partial charge in [0, 0.05) is 11.4 Å². The number of fused-ring (bicyclic) bond motifs is 1. The lowest BCUT2D eigenvalue weighted by atomic mass is 10.2. The minimum absolute atomic E-state index is 0.0914. The molecule has 1 aliphatic rings. The van der Waals surface area contributed by atoms with Crippen LogP contribution in [0.4, 0.5) is 19.0 Å². The van der Waals surface area contributed by atoms with E-state index in [1.54, 1.807) is 11.3 Å². The van der Waals surface area contributed by atoms with E-state index >= 15 is 0 Å². The molecule has 1 aliphatic heterocycles. The van der Waals surface area contributed by atoms with Gasteiger partial charge in [-0.1, -0.05) is 6.92 Å². The fourth-order valence-corrected chi connectivity index (χ4v) is 3.54. The number of aryl methyl sites for hydroxylation is 1. The van der Waals surface area contributed by atoms with Crippen LogP contribution in [0.15, 0.2) is 12.4 Å². The molecule has 5 nitrogen and oxygen atoms in total. The van der Waals surface area contributed by atoms with Gasteiger partial charge in [-0.05, 0) is 18.9 Å². The number of carbonyl (C=O) groups is 1. The molecule has 1 saturated heterocycles. The van der Waals surface area contributed by atoms with Crippen molar-refractivity contribution < 1.29 is 18.0 Å². The Hall–Kier alpha value is -1.90. The summed E-state index contributed by atoms with van der Waals surface area (Å²) >= 11 is 1.54. The van der Waals surface area contributed by atoms with Crippen LogP contribution in [-0.4, -0.2) is 46.1 Å². The van der Waals surface area contributed by atoms with Gasteiger partial charge in [-0.2, -0.15) is 13.2 Å². The molecule has 1 N–H and O–H groups in total. The lowest BCUT2D eigenvalue weighted by molar-refractivity contribution is -0.157. The molecule has 9 heteroatoms. The smallest absolute Gasteiger partial charge is 0.358 e. The van der Waals surface area contributed by atoms with Crippen LogP contribution < -0.4 is 5.32 Å². The van der Waals surface area contributed by atoms with E-state index in [2.05, 4.69) is 15.3 Å². The molecule has 2 aromatic heterocycles. The van der Waals surface area contributed by atoms with Crippen LogP contribution in [0.1, 0.15) is 18.2 Å². The number of alkyl halides is 3. The third-order valence-corrected chi connectivity index (χ3v) is 4.89. The molecule has 0 bridgehead atoms. The van der Waals surface area contributed by atoms with E-state index in [4.69, 9.17) is 0 Å². The zero-order valence-electron chi connectivity index (χ0n) is 12.4. The van der Waals surface area contributed by atoms with Crippen LogP contribution in [0, 0.1) is 0 Å². The Balaban J connectivity index is 1.78. The van der Waals surface area contributed by atoms with Crippen molar-refractivity contribution >= 4 is 33.3 Å². The Morgan fingerprint density at radius 1 is 1.43 bits per heavy atom. The minimum atomic E-state index is -4.38. The zero-order chi connectivity index (χ0) is 16.6. The van der Waals surface area contributed by atoms with Crippen molar-refractivity contribution in [2.24, 2.45) is 0 Å². The molecule has 1 atom stereocenters. The maximum Gasteiger partial charge on any atom is 0.406 e. The van der Waals surface area contributed by atoms with Gasteiger partial charge in [0.15, 0.2) is 0 Å². The molecule has 23 heavy (non-hydrogen) atoms. The number of aromatic nitrogens is 2. The first-order valence-electron chi connectivity index (χ1n) is 7.23. The highest BCUT2D eigenvalue weighted by atomic mass is 32.1. The number of likely N-dealkylation sites (tertiary alicyclic amines) is 1. The van der Waals surface area contributed by atoms with Gasteiger partial charge < -0.3 is 10.2 Å². The molecule has 0 aromatic carbocycles. The first kappa shape index (κ1) is 16.0. The molecule has 1 amide bonds. The topological polar surface area (TPSA) is 58.1 Å². The van der Waals surface area contributed by atoms with Crippen molar-refractivity contribution in [2.75, 3.05) is 18.4 Å². The van der Waals surface area contributed by atoms with Gasteiger partial charge in [-0.3, -0.25) is 4.79 Å². The number of anilines is 1. The number of hydrogen-bond donors (Lipinski definition) is 1. The number of rotatable bonds is 4. The van der Waals surface area contributed by atoms with E-state index in [0.29, 0.717) is 12.2 Å². The zero-order valence-corrected chi connectivity index (χ0v) is 13.2. The second kappa shape index (κ2) is 5.95. The average molecular weight is 344 g/mol. The van der Waals surface area contributed by atoms with Gasteiger partial charge in [-0.15, -0.1) is 11.3 Å². The molecular weight excluding hydrogens is 329 g/mol. The molecule has 3 rings (SSSR count). The van der Waals surface area contributed by atoms with Gasteiger partial charge in [0.25, 0.3) is 0 Å². The Kier molecular flexibility index (Phi) is 4.13. The summed E-state index contributed by atoms with van der Waals surface area (Å²) in [5, 5.41) is 3.79. The number of nitrogens with zero attached hydrogens (tertiary/aromatic N) is 3. The van der Waals surface area contributed by atoms with Crippen LogP contribution in [-0.2, 0) is 11.2 Å². The molecular formula is C14H15F3N4OS. The summed E-state index contributed by atoms with van der Waals surface area (Å²) in [4.78, 5) is 23.2. The van der Waals surface area contributed by atoms with Crippen LogP contribution in [0.2, 0.25) is 0 Å². The maximum absolute atomic E-state index is 12.5. The third kappa shape index (κ3) is 3.39. The third-order valence-electron chi connectivity index (χ3n) is 3.71. The molecule has 0 aliphatic carbocycles. The van der Waals surface area contributed by atoms with Crippen molar-refractivity contribution in [2.45, 2.75) is 32.0 Å². The second-order valence-corrected chi connectivity index (χ2v) is 6.48. The minimum Gasteiger partial charge on any atom is -0.358 e. The second-order valence-electron chi connectivity index (χ2n) is 5.37. The molecule has 124 valence electrons. The molecule has 3 heterocycles. The van der Waals surface area contributed by atoms with E-state index < -0.39 is 24.7 Å². The molecule has 0 radical (unpaired) electrons. The molecule has 2 aromatic rings. The maximum atomic E-state index is 12.5. The fourth-order valence-electron chi connectivity index (χ4n) is 2.61. The van der Waals surface area contributed by atoms with Crippen LogP contribution >= 0.6 is 11.3 Å². The van der Waals surface area contributed by atoms with E-state index in [9.17, 15) is 18.0 Å². The summed E-state index contributed by atoms with van der Waals surface area (Å²) in [6.07, 6.45) is -1.79. The SMILES string of the molecule is CCc1cc2c(NC3CCN(CC(F)(F)F)C3=O)ncnc2s1. The predicted molar refractivity (Wildman–Crippen MR) is 81.5 cm³/mol. The highest BCUT2D eigenvalue weighted by Gasteiger charge is 2.39. The molecule has 1 unspecified atom stereocenters. The molecule has 0 saturated carbocycles. The van der Waals surface area contributed by atoms with E-state index in [-0.39, 0.29) is 6.54 Å². The van der Waals surface area contributed by atoms with Gasteiger partial charge >= 0.3 is 6.18 Å². The molecule has 1 fully saturated rings. The lowest BCUT2D eigenvalue weighted by Crippen LogP contribution is -2.39. The largest absolute Gasteiger partial charge is 0.406 e. The first-order chi connectivity index (χ1) is 10.9. The van der Waals surface area contributed by atoms with Gasteiger partial charge in [0.1, 0.15) is 29.6 Å². The number of hydrogen-bond acceptors (Lipinski definition) is 5. The standard InChI is InChI=1S/C14H15F3N4OS/c1-2-8-5-9-11(18-7-19-12(9)23-8)20-10-3-4-21(13(10)22)6-14(15,16)17/h5,7,10H,2-4,6H2,1H3,(H,18,19,20).